The molecule has 6 aromatic carbocycles. The maximum Gasteiger partial charge on any atom is 0.160 e. The van der Waals surface area contributed by atoms with Crippen molar-refractivity contribution in [1.29, 1.82) is 0 Å². The predicted octanol–water partition coefficient (Wildman–Crippen LogP) is 11.5. The molecule has 216 valence electrons. The van der Waals surface area contributed by atoms with Gasteiger partial charge < -0.3 is 4.57 Å². The average Bonchev–Trinajstić information content (AvgIpc) is 3.67. The van der Waals surface area contributed by atoms with Crippen LogP contribution in [0.1, 0.15) is 0 Å². The number of hydrogen-bond acceptors (Lipinski definition) is 3. The topological polar surface area (TPSA) is 30.7 Å². The summed E-state index contributed by atoms with van der Waals surface area (Å²) in [6.07, 6.45) is 0. The van der Waals surface area contributed by atoms with Crippen molar-refractivity contribution in [3.63, 3.8) is 0 Å². The van der Waals surface area contributed by atoms with E-state index < -0.39 is 0 Å². The van der Waals surface area contributed by atoms with Crippen LogP contribution in [0, 0.1) is 0 Å². The van der Waals surface area contributed by atoms with Crippen molar-refractivity contribution in [2.24, 2.45) is 0 Å². The summed E-state index contributed by atoms with van der Waals surface area (Å²) >= 11 is 1.87. The van der Waals surface area contributed by atoms with E-state index in [4.69, 9.17) is 9.97 Å². The fraction of sp³-hybridized carbons (Fsp3) is 0. The normalized spacial score (nSPS) is 11.5. The summed E-state index contributed by atoms with van der Waals surface area (Å²) in [4.78, 5) is 10.1. The van der Waals surface area contributed by atoms with Crippen LogP contribution in [0.4, 0.5) is 0 Å². The molecule has 3 nitrogen and oxygen atoms in total. The van der Waals surface area contributed by atoms with Crippen molar-refractivity contribution in [1.82, 2.24) is 14.5 Å². The third kappa shape index (κ3) is 4.50. The Bertz CT molecular complexity index is 2460. The van der Waals surface area contributed by atoms with Crippen LogP contribution >= 0.6 is 11.3 Å². The molecule has 0 atom stereocenters. The van der Waals surface area contributed by atoms with Gasteiger partial charge in [-0.05, 0) is 47.5 Å². The number of benzene rings is 6. The van der Waals surface area contributed by atoms with Crippen molar-refractivity contribution in [2.45, 2.75) is 0 Å². The summed E-state index contributed by atoms with van der Waals surface area (Å²) in [6, 6.07) is 57.6. The lowest BCUT2D eigenvalue weighted by molar-refractivity contribution is 1.18. The summed E-state index contributed by atoms with van der Waals surface area (Å²) < 4.78 is 5.00. The Labute approximate surface area is 270 Å². The molecule has 0 amide bonds. The number of thiophene rings is 1. The Kier molecular flexibility index (Phi) is 6.32. The molecular formula is C42H27N3S. The van der Waals surface area contributed by atoms with Crippen LogP contribution in [-0.2, 0) is 0 Å². The molecular weight excluding hydrogens is 579 g/mol. The van der Waals surface area contributed by atoms with Gasteiger partial charge in [0.25, 0.3) is 0 Å². The van der Waals surface area contributed by atoms with Crippen molar-refractivity contribution >= 4 is 42.5 Å². The summed E-state index contributed by atoms with van der Waals surface area (Å²) in [5.41, 5.74) is 11.0. The van der Waals surface area contributed by atoms with Gasteiger partial charge in [0.15, 0.2) is 5.82 Å². The van der Waals surface area contributed by atoms with E-state index in [1.54, 1.807) is 0 Å². The maximum absolute atomic E-state index is 5.06. The van der Waals surface area contributed by atoms with Gasteiger partial charge in [-0.15, -0.1) is 11.3 Å². The van der Waals surface area contributed by atoms with E-state index >= 15 is 0 Å². The number of rotatable bonds is 5. The van der Waals surface area contributed by atoms with E-state index in [-0.39, 0.29) is 0 Å². The molecule has 0 saturated heterocycles. The smallest absolute Gasteiger partial charge is 0.160 e. The summed E-state index contributed by atoms with van der Waals surface area (Å²) in [7, 11) is 0. The number of fused-ring (bicyclic) bond motifs is 5. The third-order valence-electron chi connectivity index (χ3n) is 8.61. The van der Waals surface area contributed by atoms with Gasteiger partial charge in [-0.3, -0.25) is 0 Å². The van der Waals surface area contributed by atoms with E-state index in [0.29, 0.717) is 5.82 Å². The highest BCUT2D eigenvalue weighted by Crippen LogP contribution is 2.43. The highest BCUT2D eigenvalue weighted by molar-refractivity contribution is 7.26. The number of aromatic nitrogens is 3. The lowest BCUT2D eigenvalue weighted by atomic mass is 10.0. The third-order valence-corrected chi connectivity index (χ3v) is 9.79. The molecule has 0 aliphatic rings. The fourth-order valence-corrected chi connectivity index (χ4v) is 7.68. The summed E-state index contributed by atoms with van der Waals surface area (Å²) in [6.45, 7) is 0. The molecule has 3 heterocycles. The van der Waals surface area contributed by atoms with Crippen LogP contribution in [0.2, 0.25) is 0 Å². The molecule has 0 unspecified atom stereocenters. The molecule has 0 bridgehead atoms. The molecule has 0 aliphatic carbocycles. The fourth-order valence-electron chi connectivity index (χ4n) is 6.42. The van der Waals surface area contributed by atoms with Crippen molar-refractivity contribution in [2.75, 3.05) is 0 Å². The first-order valence-electron chi connectivity index (χ1n) is 15.4. The van der Waals surface area contributed by atoms with Gasteiger partial charge in [-0.1, -0.05) is 127 Å². The standard InChI is InChI=1S/C42H27N3S/c1-4-13-28(14-5-1)36-27-37(29-15-6-2-7-16-29)44-42(43-36)32-18-12-17-30(25-32)31-23-24-35-39(26-31)46-41-34-21-10-11-22-38(34)45(40(35)41)33-19-8-3-9-20-33/h1-27H. The van der Waals surface area contributed by atoms with E-state index in [1.165, 1.54) is 42.5 Å². The summed E-state index contributed by atoms with van der Waals surface area (Å²) in [5, 5.41) is 2.56. The van der Waals surface area contributed by atoms with Gasteiger partial charge in [-0.25, -0.2) is 9.97 Å². The van der Waals surface area contributed by atoms with E-state index in [2.05, 4.69) is 132 Å². The van der Waals surface area contributed by atoms with Crippen LogP contribution in [0.15, 0.2) is 164 Å². The molecule has 9 aromatic rings. The molecule has 4 heteroatoms. The number of hydrogen-bond donors (Lipinski definition) is 0. The molecule has 0 fully saturated rings. The van der Waals surface area contributed by atoms with Gasteiger partial charge in [0.1, 0.15) is 0 Å². The number of para-hydroxylation sites is 2. The second-order valence-electron chi connectivity index (χ2n) is 11.5. The Hall–Kier alpha value is -5.84. The van der Waals surface area contributed by atoms with Crippen LogP contribution in [0.25, 0.3) is 81.9 Å². The van der Waals surface area contributed by atoms with Crippen molar-refractivity contribution < 1.29 is 0 Å². The minimum atomic E-state index is 0.716. The quantitative estimate of drug-likeness (QED) is 0.195. The molecule has 9 rings (SSSR count). The molecule has 0 N–H and O–H groups in total. The monoisotopic (exact) mass is 605 g/mol. The van der Waals surface area contributed by atoms with Gasteiger partial charge in [0.2, 0.25) is 0 Å². The molecule has 46 heavy (non-hydrogen) atoms. The van der Waals surface area contributed by atoms with Crippen LogP contribution in [-0.4, -0.2) is 14.5 Å². The Morgan fingerprint density at radius 3 is 1.74 bits per heavy atom. The molecule has 0 aliphatic heterocycles. The highest BCUT2D eigenvalue weighted by atomic mass is 32.1. The first-order chi connectivity index (χ1) is 22.8. The average molecular weight is 606 g/mol. The van der Waals surface area contributed by atoms with Gasteiger partial charge in [0.05, 0.1) is 27.1 Å². The second kappa shape index (κ2) is 11.0. The first kappa shape index (κ1) is 26.6. The lowest BCUT2D eigenvalue weighted by Crippen LogP contribution is -1.96. The predicted molar refractivity (Wildman–Crippen MR) is 193 cm³/mol. The number of nitrogens with zero attached hydrogens (tertiary/aromatic N) is 3. The minimum Gasteiger partial charge on any atom is -0.308 e. The molecule has 3 aromatic heterocycles. The Morgan fingerprint density at radius 1 is 0.435 bits per heavy atom. The maximum atomic E-state index is 5.06. The van der Waals surface area contributed by atoms with Crippen molar-refractivity contribution in [3.8, 4) is 50.7 Å². The summed E-state index contributed by atoms with van der Waals surface area (Å²) in [5.74, 6) is 0.716. The Balaban J connectivity index is 1.18. The molecule has 0 spiro atoms. The lowest BCUT2D eigenvalue weighted by Gasteiger charge is -2.11. The van der Waals surface area contributed by atoms with Crippen LogP contribution in [0.5, 0.6) is 0 Å². The zero-order valence-electron chi connectivity index (χ0n) is 24.8. The van der Waals surface area contributed by atoms with Crippen LogP contribution < -0.4 is 0 Å². The van der Waals surface area contributed by atoms with Crippen LogP contribution in [0.3, 0.4) is 0 Å². The van der Waals surface area contributed by atoms with E-state index in [0.717, 1.165) is 33.6 Å². The van der Waals surface area contributed by atoms with Gasteiger partial charge in [0, 0.05) is 37.9 Å². The zero-order valence-corrected chi connectivity index (χ0v) is 25.7. The largest absolute Gasteiger partial charge is 0.308 e. The zero-order chi connectivity index (χ0) is 30.5. The van der Waals surface area contributed by atoms with Gasteiger partial charge in [-0.2, -0.15) is 0 Å². The molecule has 0 radical (unpaired) electrons. The SMILES string of the molecule is c1ccc(-c2cc(-c3ccccc3)nc(-c3cccc(-c4ccc5c(c4)sc4c6ccccc6n(-c6ccccc6)c54)c3)n2)cc1. The molecule has 0 saturated carbocycles. The highest BCUT2D eigenvalue weighted by Gasteiger charge is 2.18. The minimum absolute atomic E-state index is 0.716. The van der Waals surface area contributed by atoms with E-state index in [9.17, 15) is 0 Å². The van der Waals surface area contributed by atoms with E-state index in [1.807, 2.05) is 47.7 Å². The van der Waals surface area contributed by atoms with Crippen molar-refractivity contribution in [3.05, 3.63) is 164 Å². The first-order valence-corrected chi connectivity index (χ1v) is 16.2. The Morgan fingerprint density at radius 2 is 1.02 bits per heavy atom. The van der Waals surface area contributed by atoms with Gasteiger partial charge >= 0.3 is 0 Å². The second-order valence-corrected chi connectivity index (χ2v) is 12.5.